The van der Waals surface area contributed by atoms with Gasteiger partial charge in [-0.15, -0.1) is 0 Å². The molecular formula is C19H24N2O2. The Morgan fingerprint density at radius 2 is 2.00 bits per heavy atom. The zero-order chi connectivity index (χ0) is 15.8. The number of hydrogen-bond acceptors (Lipinski definition) is 2. The van der Waals surface area contributed by atoms with Crippen LogP contribution in [0.5, 0.6) is 0 Å². The Bertz CT molecular complexity index is 601. The van der Waals surface area contributed by atoms with Crippen molar-refractivity contribution in [2.24, 2.45) is 17.8 Å². The molecule has 0 aromatic heterocycles. The summed E-state index contributed by atoms with van der Waals surface area (Å²) in [5, 5.41) is 2.99. The largest absolute Gasteiger partial charge is 0.352 e. The van der Waals surface area contributed by atoms with Gasteiger partial charge in [0, 0.05) is 25.6 Å². The van der Waals surface area contributed by atoms with Gasteiger partial charge in [0.1, 0.15) is 0 Å². The van der Waals surface area contributed by atoms with Gasteiger partial charge in [-0.2, -0.15) is 0 Å². The topological polar surface area (TPSA) is 49.4 Å². The molecule has 122 valence electrons. The molecule has 2 saturated carbocycles. The monoisotopic (exact) mass is 312 g/mol. The average Bonchev–Trinajstić information content (AvgIpc) is 3.28. The van der Waals surface area contributed by atoms with Crippen LogP contribution in [0, 0.1) is 17.8 Å². The minimum Gasteiger partial charge on any atom is -0.352 e. The van der Waals surface area contributed by atoms with Crippen molar-refractivity contribution < 1.29 is 9.59 Å². The molecule has 0 radical (unpaired) electrons. The third kappa shape index (κ3) is 2.87. The van der Waals surface area contributed by atoms with Crippen LogP contribution in [0.25, 0.3) is 0 Å². The minimum absolute atomic E-state index is 0.0212. The highest BCUT2D eigenvalue weighted by molar-refractivity contribution is 5.89. The van der Waals surface area contributed by atoms with Gasteiger partial charge in [0.2, 0.25) is 11.8 Å². The highest BCUT2D eigenvalue weighted by Crippen LogP contribution is 2.47. The molecule has 1 aromatic carbocycles. The number of carbonyl (C=O) groups excluding carboxylic acids is 2. The first kappa shape index (κ1) is 14.7. The van der Waals surface area contributed by atoms with E-state index in [9.17, 15) is 9.59 Å². The van der Waals surface area contributed by atoms with Gasteiger partial charge in [-0.05, 0) is 36.7 Å². The van der Waals surface area contributed by atoms with E-state index in [1.54, 1.807) is 0 Å². The Morgan fingerprint density at radius 1 is 1.17 bits per heavy atom. The Hall–Kier alpha value is -1.84. The Labute approximate surface area is 137 Å². The van der Waals surface area contributed by atoms with Crippen molar-refractivity contribution in [3.05, 3.63) is 35.9 Å². The fraction of sp³-hybridized carbons (Fsp3) is 0.579. The van der Waals surface area contributed by atoms with Crippen LogP contribution in [-0.2, 0) is 16.1 Å². The molecule has 1 aromatic rings. The van der Waals surface area contributed by atoms with E-state index < -0.39 is 0 Å². The van der Waals surface area contributed by atoms with Gasteiger partial charge in [-0.25, -0.2) is 0 Å². The summed E-state index contributed by atoms with van der Waals surface area (Å²) in [4.78, 5) is 26.8. The fourth-order valence-corrected chi connectivity index (χ4v) is 4.75. The lowest BCUT2D eigenvalue weighted by Crippen LogP contribution is -2.41. The van der Waals surface area contributed by atoms with E-state index in [1.165, 1.54) is 19.3 Å². The SMILES string of the molecule is O=C(NCc1ccccc1)[C@@H]1CC(=O)N([C@@H]2C[C@H]3CC[C@H]2C3)C1. The lowest BCUT2D eigenvalue weighted by molar-refractivity contribution is -0.131. The maximum absolute atomic E-state index is 12.4. The van der Waals surface area contributed by atoms with E-state index >= 15 is 0 Å². The Balaban J connectivity index is 1.33. The molecule has 1 saturated heterocycles. The molecule has 23 heavy (non-hydrogen) atoms. The maximum Gasteiger partial charge on any atom is 0.225 e. The molecule has 3 fully saturated rings. The fourth-order valence-electron chi connectivity index (χ4n) is 4.75. The number of nitrogens with zero attached hydrogens (tertiary/aromatic N) is 1. The molecule has 3 aliphatic rings. The zero-order valence-corrected chi connectivity index (χ0v) is 13.4. The zero-order valence-electron chi connectivity index (χ0n) is 13.4. The number of benzene rings is 1. The van der Waals surface area contributed by atoms with Crippen molar-refractivity contribution >= 4 is 11.8 Å². The van der Waals surface area contributed by atoms with Crippen LogP contribution in [0.2, 0.25) is 0 Å². The second-order valence-electron chi connectivity index (χ2n) is 7.39. The summed E-state index contributed by atoms with van der Waals surface area (Å²) < 4.78 is 0. The standard InChI is InChI=1S/C19H24N2O2/c22-18-10-16(19(23)20-11-13-4-2-1-3-5-13)12-21(18)17-9-14-6-7-15(17)8-14/h1-5,14-17H,6-12H2,(H,20,23)/t14-,15-,16+,17+/m0/s1. The number of hydrogen-bond donors (Lipinski definition) is 1. The molecule has 1 N–H and O–H groups in total. The van der Waals surface area contributed by atoms with Gasteiger partial charge in [0.05, 0.1) is 5.92 Å². The van der Waals surface area contributed by atoms with Gasteiger partial charge in [0.15, 0.2) is 0 Å². The summed E-state index contributed by atoms with van der Waals surface area (Å²) in [7, 11) is 0. The van der Waals surface area contributed by atoms with Crippen LogP contribution in [0.15, 0.2) is 30.3 Å². The molecule has 0 unspecified atom stereocenters. The van der Waals surface area contributed by atoms with Crippen molar-refractivity contribution in [3.63, 3.8) is 0 Å². The van der Waals surface area contributed by atoms with Gasteiger partial charge < -0.3 is 10.2 Å². The second-order valence-corrected chi connectivity index (χ2v) is 7.39. The van der Waals surface area contributed by atoms with E-state index in [0.717, 1.165) is 17.9 Å². The van der Waals surface area contributed by atoms with Crippen LogP contribution in [0.4, 0.5) is 0 Å². The summed E-state index contributed by atoms with van der Waals surface area (Å²) in [6, 6.07) is 10.3. The number of rotatable bonds is 4. The quantitative estimate of drug-likeness (QED) is 0.928. The molecule has 0 spiro atoms. The lowest BCUT2D eigenvalue weighted by atomic mass is 9.94. The molecule has 2 aliphatic carbocycles. The van der Waals surface area contributed by atoms with Crippen LogP contribution in [0.1, 0.15) is 37.7 Å². The summed E-state index contributed by atoms with van der Waals surface area (Å²) >= 11 is 0. The van der Waals surface area contributed by atoms with Gasteiger partial charge in [0.25, 0.3) is 0 Å². The summed E-state index contributed by atoms with van der Waals surface area (Å²) in [5.74, 6) is 1.54. The van der Waals surface area contributed by atoms with Crippen LogP contribution in [0.3, 0.4) is 0 Å². The third-order valence-corrected chi connectivity index (χ3v) is 5.94. The molecule has 4 rings (SSSR count). The number of fused-ring (bicyclic) bond motifs is 2. The molecule has 2 bridgehead atoms. The van der Waals surface area contributed by atoms with Crippen molar-refractivity contribution in [1.82, 2.24) is 10.2 Å². The molecule has 2 amide bonds. The predicted molar refractivity (Wildman–Crippen MR) is 87.3 cm³/mol. The maximum atomic E-state index is 12.4. The third-order valence-electron chi connectivity index (χ3n) is 5.94. The summed E-state index contributed by atoms with van der Waals surface area (Å²) in [6.45, 7) is 1.16. The summed E-state index contributed by atoms with van der Waals surface area (Å²) in [6.07, 6.45) is 5.44. The van der Waals surface area contributed by atoms with E-state index in [2.05, 4.69) is 5.32 Å². The van der Waals surface area contributed by atoms with Gasteiger partial charge >= 0.3 is 0 Å². The minimum atomic E-state index is -0.176. The average molecular weight is 312 g/mol. The van der Waals surface area contributed by atoms with Gasteiger partial charge in [-0.3, -0.25) is 9.59 Å². The molecule has 4 nitrogen and oxygen atoms in total. The predicted octanol–water partition coefficient (Wildman–Crippen LogP) is 2.34. The van der Waals surface area contributed by atoms with Crippen LogP contribution >= 0.6 is 0 Å². The molecule has 1 aliphatic heterocycles. The first-order chi connectivity index (χ1) is 11.2. The normalized spacial score (nSPS) is 32.5. The highest BCUT2D eigenvalue weighted by atomic mass is 16.2. The molecule has 4 atom stereocenters. The van der Waals surface area contributed by atoms with E-state index in [4.69, 9.17) is 0 Å². The Kier molecular flexibility index (Phi) is 3.83. The van der Waals surface area contributed by atoms with Crippen molar-refractivity contribution in [1.29, 1.82) is 0 Å². The van der Waals surface area contributed by atoms with Crippen molar-refractivity contribution in [2.45, 2.75) is 44.7 Å². The number of nitrogens with one attached hydrogen (secondary N) is 1. The Morgan fingerprint density at radius 3 is 2.70 bits per heavy atom. The highest BCUT2D eigenvalue weighted by Gasteiger charge is 2.47. The van der Waals surface area contributed by atoms with Crippen molar-refractivity contribution in [3.8, 4) is 0 Å². The first-order valence-corrected chi connectivity index (χ1v) is 8.82. The molecule has 4 heteroatoms. The van der Waals surface area contributed by atoms with E-state index in [-0.39, 0.29) is 17.7 Å². The first-order valence-electron chi connectivity index (χ1n) is 8.82. The van der Waals surface area contributed by atoms with Gasteiger partial charge in [-0.1, -0.05) is 36.8 Å². The number of amides is 2. The number of likely N-dealkylation sites (tertiary alicyclic amines) is 1. The van der Waals surface area contributed by atoms with Crippen LogP contribution in [-0.4, -0.2) is 29.3 Å². The molecular weight excluding hydrogens is 288 g/mol. The lowest BCUT2D eigenvalue weighted by Gasteiger charge is -2.31. The van der Waals surface area contributed by atoms with Crippen LogP contribution < -0.4 is 5.32 Å². The second kappa shape index (κ2) is 5.99. The van der Waals surface area contributed by atoms with E-state index in [0.29, 0.717) is 31.5 Å². The van der Waals surface area contributed by atoms with Crippen molar-refractivity contribution in [2.75, 3.05) is 6.54 Å². The summed E-state index contributed by atoms with van der Waals surface area (Å²) in [5.41, 5.74) is 1.09. The van der Waals surface area contributed by atoms with E-state index in [1.807, 2.05) is 35.2 Å². The molecule has 1 heterocycles. The smallest absolute Gasteiger partial charge is 0.225 e. The number of carbonyl (C=O) groups is 2.